The fraction of sp³-hybridized carbons (Fsp3) is 0.0182. The molecule has 12 rings (SSSR count). The molecule has 0 N–H and O–H groups in total. The smallest absolute Gasteiger partial charge is 0.0448 e. The molecule has 3 aromatic heterocycles. The molecule has 0 nitrogen and oxygen atoms in total. The Morgan fingerprint density at radius 3 is 1.31 bits per heavy atom. The molecule has 9 aromatic carbocycles. The highest BCUT2D eigenvalue weighted by atomic mass is 32.1. The van der Waals surface area contributed by atoms with Crippen LogP contribution in [-0.4, -0.2) is 0 Å². The molecule has 0 aliphatic rings. The Morgan fingerprint density at radius 2 is 0.707 bits per heavy atom. The Bertz CT molecular complexity index is 3460. The molecule has 0 amide bonds. The summed E-state index contributed by atoms with van der Waals surface area (Å²) in [6.07, 6.45) is 0. The van der Waals surface area contributed by atoms with Gasteiger partial charge in [-0.15, -0.1) is 34.0 Å². The van der Waals surface area contributed by atoms with Gasteiger partial charge in [-0.25, -0.2) is 0 Å². The van der Waals surface area contributed by atoms with Crippen LogP contribution in [-0.2, 0) is 0 Å². The van der Waals surface area contributed by atoms with Gasteiger partial charge in [0, 0.05) is 60.5 Å². The fourth-order valence-electron chi connectivity index (χ4n) is 8.95. The third kappa shape index (κ3) is 5.46. The quantitative estimate of drug-likeness (QED) is 0.163. The van der Waals surface area contributed by atoms with Gasteiger partial charge in [0.15, 0.2) is 0 Å². The highest BCUT2D eigenvalue weighted by Crippen LogP contribution is 2.50. The summed E-state index contributed by atoms with van der Waals surface area (Å²) in [6.45, 7) is 2.29. The first-order valence-corrected chi connectivity index (χ1v) is 22.2. The summed E-state index contributed by atoms with van der Waals surface area (Å²) in [4.78, 5) is 0. The van der Waals surface area contributed by atoms with Gasteiger partial charge in [-0.05, 0) is 129 Å². The average Bonchev–Trinajstić information content (AvgIpc) is 3.98. The Kier molecular flexibility index (Phi) is 7.77. The highest BCUT2D eigenvalue weighted by molar-refractivity contribution is 7.31. The molecular formula is C55H34S3. The van der Waals surface area contributed by atoms with E-state index in [0.717, 1.165) is 0 Å². The number of aryl methyl sites for hydroxylation is 1. The standard InChI is InChI=1S/C55H34S3/c1-33-26-40(32-47-52-50(57-53(33)47)25-23-45-44-22-24-49-51(54(44)58-55(45)52)46-20-8-9-21-48(46)56-49)43-30-41(38-18-10-16-36(27-38)34-12-4-2-5-13-34)29-42(31-43)39-19-11-17-37(28-39)35-14-6-3-7-15-35/h2-32H,1H3. The Labute approximate surface area is 348 Å². The van der Waals surface area contributed by atoms with Crippen molar-refractivity contribution in [2.45, 2.75) is 6.92 Å². The third-order valence-electron chi connectivity index (χ3n) is 11.7. The van der Waals surface area contributed by atoms with Gasteiger partial charge in [0.25, 0.3) is 0 Å². The van der Waals surface area contributed by atoms with E-state index in [9.17, 15) is 0 Å². The maximum Gasteiger partial charge on any atom is 0.0448 e. The Morgan fingerprint density at radius 1 is 0.259 bits per heavy atom. The highest BCUT2D eigenvalue weighted by Gasteiger charge is 2.19. The number of hydrogen-bond acceptors (Lipinski definition) is 3. The van der Waals surface area contributed by atoms with Crippen LogP contribution < -0.4 is 0 Å². The van der Waals surface area contributed by atoms with Crippen LogP contribution in [0.25, 0.3) is 116 Å². The van der Waals surface area contributed by atoms with Gasteiger partial charge in [-0.1, -0.05) is 127 Å². The first kappa shape index (κ1) is 33.7. The average molecular weight is 791 g/mol. The Hall–Kier alpha value is -6.36. The molecule has 0 unspecified atom stereocenters. The second-order valence-electron chi connectivity index (χ2n) is 15.3. The molecule has 0 aliphatic carbocycles. The number of fused-ring (bicyclic) bond motifs is 11. The van der Waals surface area contributed by atoms with Gasteiger partial charge < -0.3 is 0 Å². The van der Waals surface area contributed by atoms with E-state index in [1.807, 2.05) is 34.0 Å². The first-order valence-electron chi connectivity index (χ1n) is 19.7. The van der Waals surface area contributed by atoms with Gasteiger partial charge in [0.2, 0.25) is 0 Å². The lowest BCUT2D eigenvalue weighted by Crippen LogP contribution is -1.88. The molecular weight excluding hydrogens is 757 g/mol. The van der Waals surface area contributed by atoms with E-state index in [0.29, 0.717) is 0 Å². The second-order valence-corrected chi connectivity index (χ2v) is 18.5. The lowest BCUT2D eigenvalue weighted by molar-refractivity contribution is 1.53. The number of thiophene rings is 3. The van der Waals surface area contributed by atoms with Crippen molar-refractivity contribution in [1.82, 2.24) is 0 Å². The topological polar surface area (TPSA) is 0 Å². The molecule has 0 aliphatic heterocycles. The van der Waals surface area contributed by atoms with E-state index in [2.05, 4.69) is 195 Å². The molecule has 0 radical (unpaired) electrons. The van der Waals surface area contributed by atoms with E-state index in [-0.39, 0.29) is 0 Å². The van der Waals surface area contributed by atoms with E-state index in [4.69, 9.17) is 0 Å². The minimum Gasteiger partial charge on any atom is -0.135 e. The molecule has 0 saturated heterocycles. The van der Waals surface area contributed by atoms with Crippen molar-refractivity contribution in [2.24, 2.45) is 0 Å². The van der Waals surface area contributed by atoms with Gasteiger partial charge in [0.05, 0.1) is 0 Å². The maximum atomic E-state index is 2.48. The molecule has 58 heavy (non-hydrogen) atoms. The van der Waals surface area contributed by atoms with Crippen molar-refractivity contribution < 1.29 is 0 Å². The first-order chi connectivity index (χ1) is 28.6. The molecule has 12 aromatic rings. The van der Waals surface area contributed by atoms with E-state index >= 15 is 0 Å². The van der Waals surface area contributed by atoms with E-state index in [1.165, 1.54) is 122 Å². The zero-order chi connectivity index (χ0) is 38.3. The summed E-state index contributed by atoms with van der Waals surface area (Å²) < 4.78 is 8.24. The summed E-state index contributed by atoms with van der Waals surface area (Å²) in [5, 5.41) is 8.22. The van der Waals surface area contributed by atoms with Crippen LogP contribution in [0.2, 0.25) is 0 Å². The van der Waals surface area contributed by atoms with Crippen molar-refractivity contribution >= 4 is 94.5 Å². The van der Waals surface area contributed by atoms with Crippen LogP contribution in [0.3, 0.4) is 0 Å². The maximum absolute atomic E-state index is 2.48. The summed E-state index contributed by atoms with van der Waals surface area (Å²) in [5.74, 6) is 0. The number of rotatable bonds is 5. The number of hydrogen-bond donors (Lipinski definition) is 0. The Balaban J connectivity index is 1.08. The largest absolute Gasteiger partial charge is 0.135 e. The van der Waals surface area contributed by atoms with E-state index < -0.39 is 0 Å². The summed E-state index contributed by atoms with van der Waals surface area (Å²) >= 11 is 5.81. The normalized spacial score (nSPS) is 11.9. The fourth-order valence-corrected chi connectivity index (χ4v) is 12.8. The predicted octanol–water partition coefficient (Wildman–Crippen LogP) is 17.4. The molecule has 0 spiro atoms. The minimum atomic E-state index is 1.21. The van der Waals surface area contributed by atoms with Crippen molar-refractivity contribution in [3.05, 3.63) is 194 Å². The molecule has 0 fully saturated rings. The molecule has 3 heterocycles. The van der Waals surface area contributed by atoms with Crippen molar-refractivity contribution in [3.63, 3.8) is 0 Å². The van der Waals surface area contributed by atoms with Crippen LogP contribution >= 0.6 is 34.0 Å². The van der Waals surface area contributed by atoms with Crippen LogP contribution in [0, 0.1) is 6.92 Å². The monoisotopic (exact) mass is 790 g/mol. The van der Waals surface area contributed by atoms with Crippen molar-refractivity contribution in [1.29, 1.82) is 0 Å². The molecule has 0 saturated carbocycles. The van der Waals surface area contributed by atoms with Gasteiger partial charge >= 0.3 is 0 Å². The SMILES string of the molecule is Cc1cc(-c2cc(-c3cccc(-c4ccccc4)c3)cc(-c3cccc(-c4ccccc4)c3)c2)cc2c1sc1ccc3c4ccc5sc6ccccc6c5c4sc3c12. The zero-order valence-electron chi connectivity index (χ0n) is 31.6. The van der Waals surface area contributed by atoms with Crippen LogP contribution in [0.5, 0.6) is 0 Å². The van der Waals surface area contributed by atoms with Crippen LogP contribution in [0.4, 0.5) is 0 Å². The summed E-state index contributed by atoms with van der Waals surface area (Å²) in [5.41, 5.74) is 13.5. The van der Waals surface area contributed by atoms with Crippen molar-refractivity contribution in [3.8, 4) is 55.6 Å². The zero-order valence-corrected chi connectivity index (χ0v) is 34.1. The summed E-state index contributed by atoms with van der Waals surface area (Å²) in [7, 11) is 0. The second kappa shape index (κ2) is 13.4. The summed E-state index contributed by atoms with van der Waals surface area (Å²) in [6, 6.07) is 69.8. The third-order valence-corrected chi connectivity index (χ3v) is 15.4. The molecule has 272 valence electrons. The van der Waals surface area contributed by atoms with Crippen molar-refractivity contribution in [2.75, 3.05) is 0 Å². The molecule has 0 atom stereocenters. The van der Waals surface area contributed by atoms with Gasteiger partial charge in [0.1, 0.15) is 0 Å². The lowest BCUT2D eigenvalue weighted by atomic mass is 9.90. The van der Waals surface area contributed by atoms with E-state index in [1.54, 1.807) is 0 Å². The molecule has 0 bridgehead atoms. The van der Waals surface area contributed by atoms with Crippen LogP contribution in [0.1, 0.15) is 5.56 Å². The number of benzene rings is 9. The van der Waals surface area contributed by atoms with Gasteiger partial charge in [-0.2, -0.15) is 0 Å². The predicted molar refractivity (Wildman–Crippen MR) is 257 cm³/mol. The minimum absolute atomic E-state index is 1.21. The van der Waals surface area contributed by atoms with Gasteiger partial charge in [-0.3, -0.25) is 0 Å². The van der Waals surface area contributed by atoms with Crippen LogP contribution in [0.15, 0.2) is 188 Å². The lowest BCUT2D eigenvalue weighted by Gasteiger charge is -2.14. The molecule has 3 heteroatoms.